The Labute approximate surface area is 103 Å². The third-order valence-corrected chi connectivity index (χ3v) is 3.98. The van der Waals surface area contributed by atoms with Crippen LogP contribution >= 0.6 is 11.3 Å². The molecule has 4 nitrogen and oxygen atoms in total. The molecule has 5 heteroatoms. The van der Waals surface area contributed by atoms with Gasteiger partial charge in [0.1, 0.15) is 10.6 Å². The van der Waals surface area contributed by atoms with E-state index in [4.69, 9.17) is 4.74 Å². The lowest BCUT2D eigenvalue weighted by molar-refractivity contribution is 0.0962. The van der Waals surface area contributed by atoms with Gasteiger partial charge in [-0.1, -0.05) is 0 Å². The fourth-order valence-electron chi connectivity index (χ4n) is 1.98. The van der Waals surface area contributed by atoms with Gasteiger partial charge in [0.15, 0.2) is 0 Å². The lowest BCUT2D eigenvalue weighted by atomic mass is 10.2. The summed E-state index contributed by atoms with van der Waals surface area (Å²) in [4.78, 5) is 12.6. The zero-order valence-corrected chi connectivity index (χ0v) is 10.2. The minimum atomic E-state index is 0.00478. The highest BCUT2D eigenvalue weighted by atomic mass is 32.1. The molecule has 0 spiro atoms. The Kier molecular flexibility index (Phi) is 2.40. The smallest absolute Gasteiger partial charge is 0.263 e. The number of amides is 1. The number of anilines is 1. The average Bonchev–Trinajstić information content (AvgIpc) is 2.62. The molecule has 1 aromatic heterocycles. The van der Waals surface area contributed by atoms with Crippen molar-refractivity contribution in [3.05, 3.63) is 23.1 Å². The molecular formula is C12H12N2O2S. The predicted molar refractivity (Wildman–Crippen MR) is 69.2 cm³/mol. The molecule has 88 valence electrons. The number of fused-ring (bicyclic) bond motifs is 3. The van der Waals surface area contributed by atoms with Gasteiger partial charge in [-0.25, -0.2) is 0 Å². The molecule has 1 aliphatic heterocycles. The molecule has 2 N–H and O–H groups in total. The second-order valence-electron chi connectivity index (χ2n) is 3.85. The van der Waals surface area contributed by atoms with Crippen molar-refractivity contribution in [3.63, 3.8) is 0 Å². The Hall–Kier alpha value is -1.75. The van der Waals surface area contributed by atoms with Crippen LogP contribution in [0.4, 0.5) is 5.69 Å². The van der Waals surface area contributed by atoms with E-state index in [0.29, 0.717) is 6.54 Å². The Morgan fingerprint density at radius 2 is 2.12 bits per heavy atom. The molecular weight excluding hydrogens is 236 g/mol. The summed E-state index contributed by atoms with van der Waals surface area (Å²) in [6.07, 6.45) is 0. The van der Waals surface area contributed by atoms with E-state index in [0.717, 1.165) is 32.9 Å². The van der Waals surface area contributed by atoms with Crippen LogP contribution in [-0.4, -0.2) is 26.1 Å². The van der Waals surface area contributed by atoms with Crippen molar-refractivity contribution >= 4 is 33.0 Å². The monoisotopic (exact) mass is 248 g/mol. The Morgan fingerprint density at radius 3 is 2.94 bits per heavy atom. The minimum absolute atomic E-state index is 0.00478. The number of nitrogens with one attached hydrogen (secondary N) is 2. The van der Waals surface area contributed by atoms with Gasteiger partial charge in [0.25, 0.3) is 5.91 Å². The highest BCUT2D eigenvalue weighted by Crippen LogP contribution is 2.38. The Bertz CT molecular complexity index is 591. The van der Waals surface area contributed by atoms with Gasteiger partial charge in [0, 0.05) is 23.2 Å². The van der Waals surface area contributed by atoms with E-state index in [9.17, 15) is 4.79 Å². The molecule has 0 saturated carbocycles. The van der Waals surface area contributed by atoms with Gasteiger partial charge in [0.2, 0.25) is 0 Å². The number of hydrogen-bond donors (Lipinski definition) is 2. The molecule has 2 aromatic rings. The largest absolute Gasteiger partial charge is 0.497 e. The summed E-state index contributed by atoms with van der Waals surface area (Å²) in [6.45, 7) is 1.41. The summed E-state index contributed by atoms with van der Waals surface area (Å²) in [5, 5.41) is 7.23. The fourth-order valence-corrected chi connectivity index (χ4v) is 3.06. The molecule has 2 heterocycles. The van der Waals surface area contributed by atoms with Crippen molar-refractivity contribution in [1.82, 2.24) is 5.32 Å². The number of rotatable bonds is 1. The third kappa shape index (κ3) is 1.63. The number of hydrogen-bond acceptors (Lipinski definition) is 4. The third-order valence-electron chi connectivity index (χ3n) is 2.81. The summed E-state index contributed by atoms with van der Waals surface area (Å²) >= 11 is 1.51. The summed E-state index contributed by atoms with van der Waals surface area (Å²) < 4.78 is 6.31. The molecule has 0 aliphatic carbocycles. The number of carbonyl (C=O) groups excluding carboxylic acids is 1. The highest BCUT2D eigenvalue weighted by Gasteiger charge is 2.20. The molecule has 0 bridgehead atoms. The molecule has 1 aromatic carbocycles. The van der Waals surface area contributed by atoms with Crippen LogP contribution in [0.2, 0.25) is 0 Å². The van der Waals surface area contributed by atoms with E-state index in [1.54, 1.807) is 7.11 Å². The van der Waals surface area contributed by atoms with Crippen LogP contribution in [0.3, 0.4) is 0 Å². The van der Waals surface area contributed by atoms with Crippen molar-refractivity contribution in [2.45, 2.75) is 0 Å². The molecule has 0 unspecified atom stereocenters. The van der Waals surface area contributed by atoms with Crippen molar-refractivity contribution in [3.8, 4) is 5.75 Å². The molecule has 0 radical (unpaired) electrons. The number of methoxy groups -OCH3 is 1. The quantitative estimate of drug-likeness (QED) is 0.812. The minimum Gasteiger partial charge on any atom is -0.497 e. The number of benzene rings is 1. The SMILES string of the molecule is COc1ccc2sc3c(c2c1)NCCNC3=O. The lowest BCUT2D eigenvalue weighted by Crippen LogP contribution is -2.24. The van der Waals surface area contributed by atoms with E-state index in [1.807, 2.05) is 18.2 Å². The Balaban J connectivity index is 2.25. The van der Waals surface area contributed by atoms with Gasteiger partial charge < -0.3 is 15.4 Å². The number of thiophene rings is 1. The van der Waals surface area contributed by atoms with Crippen LogP contribution in [0.25, 0.3) is 10.1 Å². The predicted octanol–water partition coefficient (Wildman–Crippen LogP) is 2.07. The molecule has 17 heavy (non-hydrogen) atoms. The first-order valence-electron chi connectivity index (χ1n) is 5.42. The lowest BCUT2D eigenvalue weighted by Gasteiger charge is -2.03. The molecule has 0 fully saturated rings. The van der Waals surface area contributed by atoms with Gasteiger partial charge >= 0.3 is 0 Å². The van der Waals surface area contributed by atoms with E-state index in [1.165, 1.54) is 11.3 Å². The van der Waals surface area contributed by atoms with Crippen LogP contribution in [0, 0.1) is 0 Å². The normalized spacial score (nSPS) is 14.8. The van der Waals surface area contributed by atoms with Crippen molar-refractivity contribution in [2.24, 2.45) is 0 Å². The summed E-state index contributed by atoms with van der Waals surface area (Å²) in [7, 11) is 1.65. The summed E-state index contributed by atoms with van der Waals surface area (Å²) in [5.74, 6) is 0.815. The second kappa shape index (κ2) is 3.92. The molecule has 1 aliphatic rings. The van der Waals surface area contributed by atoms with E-state index in [-0.39, 0.29) is 5.91 Å². The molecule has 1 amide bonds. The number of ether oxygens (including phenoxy) is 1. The van der Waals surface area contributed by atoms with Crippen LogP contribution < -0.4 is 15.4 Å². The maximum atomic E-state index is 11.9. The first kappa shape index (κ1) is 10.4. The first-order valence-corrected chi connectivity index (χ1v) is 6.24. The van der Waals surface area contributed by atoms with Crippen LogP contribution in [-0.2, 0) is 0 Å². The second-order valence-corrected chi connectivity index (χ2v) is 4.90. The van der Waals surface area contributed by atoms with E-state index in [2.05, 4.69) is 10.6 Å². The van der Waals surface area contributed by atoms with Crippen molar-refractivity contribution in [1.29, 1.82) is 0 Å². The zero-order valence-electron chi connectivity index (χ0n) is 9.37. The van der Waals surface area contributed by atoms with Gasteiger partial charge in [0.05, 0.1) is 12.8 Å². The van der Waals surface area contributed by atoms with Crippen molar-refractivity contribution < 1.29 is 9.53 Å². The summed E-state index contributed by atoms with van der Waals surface area (Å²) in [5.41, 5.74) is 0.930. The zero-order chi connectivity index (χ0) is 11.8. The fraction of sp³-hybridized carbons (Fsp3) is 0.250. The maximum Gasteiger partial charge on any atom is 0.263 e. The van der Waals surface area contributed by atoms with Crippen LogP contribution in [0.1, 0.15) is 9.67 Å². The van der Waals surface area contributed by atoms with Crippen LogP contribution in [0.15, 0.2) is 18.2 Å². The maximum absolute atomic E-state index is 11.9. The van der Waals surface area contributed by atoms with Crippen LogP contribution in [0.5, 0.6) is 5.75 Å². The van der Waals surface area contributed by atoms with Crippen molar-refractivity contribution in [2.75, 3.05) is 25.5 Å². The van der Waals surface area contributed by atoms with E-state index >= 15 is 0 Å². The van der Waals surface area contributed by atoms with Gasteiger partial charge in [-0.05, 0) is 18.2 Å². The Morgan fingerprint density at radius 1 is 1.29 bits per heavy atom. The average molecular weight is 248 g/mol. The molecule has 0 saturated heterocycles. The van der Waals surface area contributed by atoms with E-state index < -0.39 is 0 Å². The number of carbonyl (C=O) groups is 1. The van der Waals surface area contributed by atoms with Gasteiger partial charge in [-0.3, -0.25) is 4.79 Å². The summed E-state index contributed by atoms with van der Waals surface area (Å²) in [6, 6.07) is 5.87. The van der Waals surface area contributed by atoms with Gasteiger partial charge in [-0.15, -0.1) is 11.3 Å². The van der Waals surface area contributed by atoms with Gasteiger partial charge in [-0.2, -0.15) is 0 Å². The highest BCUT2D eigenvalue weighted by molar-refractivity contribution is 7.21. The first-order chi connectivity index (χ1) is 8.29. The standard InChI is InChI=1S/C12H12N2O2S/c1-16-7-2-3-9-8(6-7)10-11(17-9)12(15)14-5-4-13-10/h2-3,6,13H,4-5H2,1H3,(H,14,15). The molecule has 3 rings (SSSR count). The topological polar surface area (TPSA) is 50.4 Å². The molecule has 0 atom stereocenters.